The van der Waals surface area contributed by atoms with Crippen LogP contribution in [0.15, 0.2) is 39.9 Å². The molecular formula is C23H33N5O4. The lowest BCUT2D eigenvalue weighted by molar-refractivity contribution is -0.120. The monoisotopic (exact) mass is 443 g/mol. The van der Waals surface area contributed by atoms with E-state index < -0.39 is 11.2 Å². The first kappa shape index (κ1) is 23.7. The second-order valence-corrected chi connectivity index (χ2v) is 8.37. The zero-order valence-electron chi connectivity index (χ0n) is 18.6. The van der Waals surface area contributed by atoms with Crippen LogP contribution < -0.4 is 21.9 Å². The maximum Gasteiger partial charge on any atom is 0.330 e. The van der Waals surface area contributed by atoms with Crippen LogP contribution in [-0.4, -0.2) is 51.7 Å². The van der Waals surface area contributed by atoms with Gasteiger partial charge >= 0.3 is 5.69 Å². The van der Waals surface area contributed by atoms with E-state index in [9.17, 15) is 19.5 Å². The SMILES string of the molecule is CCCCn1c(N)c(N(Cc2ccccc2)C(=O)CN2CCC(CO)CC2)c(=O)[nH]c1=O. The van der Waals surface area contributed by atoms with E-state index in [2.05, 4.69) is 4.98 Å². The first-order valence-electron chi connectivity index (χ1n) is 11.2. The van der Waals surface area contributed by atoms with Gasteiger partial charge in [0.1, 0.15) is 5.82 Å². The number of nitrogen functional groups attached to an aromatic ring is 1. The summed E-state index contributed by atoms with van der Waals surface area (Å²) < 4.78 is 1.33. The molecular weight excluding hydrogens is 410 g/mol. The lowest BCUT2D eigenvalue weighted by Gasteiger charge is -2.32. The van der Waals surface area contributed by atoms with Gasteiger partial charge < -0.3 is 10.8 Å². The predicted octanol–water partition coefficient (Wildman–Crippen LogP) is 1.16. The average molecular weight is 444 g/mol. The quantitative estimate of drug-likeness (QED) is 0.534. The minimum absolute atomic E-state index is 0.00969. The number of likely N-dealkylation sites (tertiary alicyclic amines) is 1. The zero-order valence-corrected chi connectivity index (χ0v) is 18.6. The van der Waals surface area contributed by atoms with Gasteiger partial charge in [-0.1, -0.05) is 43.7 Å². The second kappa shape index (κ2) is 11.1. The predicted molar refractivity (Wildman–Crippen MR) is 125 cm³/mol. The summed E-state index contributed by atoms with van der Waals surface area (Å²) in [7, 11) is 0. The van der Waals surface area contributed by atoms with E-state index in [1.165, 1.54) is 9.47 Å². The van der Waals surface area contributed by atoms with Crippen molar-refractivity contribution in [1.82, 2.24) is 14.5 Å². The molecule has 32 heavy (non-hydrogen) atoms. The Bertz CT molecular complexity index is 1010. The molecule has 1 aromatic heterocycles. The molecule has 9 heteroatoms. The van der Waals surface area contributed by atoms with Gasteiger partial charge in [-0.2, -0.15) is 0 Å². The van der Waals surface area contributed by atoms with Crippen molar-refractivity contribution in [3.8, 4) is 0 Å². The first-order chi connectivity index (χ1) is 15.4. The summed E-state index contributed by atoms with van der Waals surface area (Å²) in [5.41, 5.74) is 5.93. The lowest BCUT2D eigenvalue weighted by atomic mass is 9.98. The molecule has 174 valence electrons. The fraction of sp³-hybridized carbons (Fsp3) is 0.522. The Morgan fingerprint density at radius 3 is 2.53 bits per heavy atom. The number of hydrogen-bond donors (Lipinski definition) is 3. The number of benzene rings is 1. The largest absolute Gasteiger partial charge is 0.396 e. The maximum atomic E-state index is 13.4. The molecule has 1 fully saturated rings. The maximum absolute atomic E-state index is 13.4. The normalized spacial score (nSPS) is 15.1. The number of H-pyrrole nitrogens is 1. The van der Waals surface area contributed by atoms with E-state index in [-0.39, 0.29) is 43.0 Å². The summed E-state index contributed by atoms with van der Waals surface area (Å²) in [6.07, 6.45) is 3.24. The van der Waals surface area contributed by atoms with E-state index in [1.54, 1.807) is 0 Å². The third-order valence-electron chi connectivity index (χ3n) is 6.03. The van der Waals surface area contributed by atoms with Crippen LogP contribution in [0.4, 0.5) is 11.5 Å². The molecule has 0 bridgehead atoms. The number of nitrogens with one attached hydrogen (secondary N) is 1. The van der Waals surface area contributed by atoms with Crippen LogP contribution in [0.2, 0.25) is 0 Å². The van der Waals surface area contributed by atoms with Gasteiger partial charge in [-0.25, -0.2) is 4.79 Å². The van der Waals surface area contributed by atoms with Gasteiger partial charge in [0.25, 0.3) is 5.56 Å². The third-order valence-corrected chi connectivity index (χ3v) is 6.03. The molecule has 4 N–H and O–H groups in total. The molecule has 1 aliphatic rings. The number of unbranched alkanes of at least 4 members (excludes halogenated alkanes) is 1. The molecule has 9 nitrogen and oxygen atoms in total. The fourth-order valence-electron chi connectivity index (χ4n) is 4.04. The zero-order chi connectivity index (χ0) is 23.1. The van der Waals surface area contributed by atoms with Crippen LogP contribution in [0.3, 0.4) is 0 Å². The highest BCUT2D eigenvalue weighted by Crippen LogP contribution is 2.22. The number of piperidine rings is 1. The Morgan fingerprint density at radius 1 is 1.22 bits per heavy atom. The van der Waals surface area contributed by atoms with E-state index in [1.807, 2.05) is 42.2 Å². The van der Waals surface area contributed by atoms with Gasteiger partial charge in [-0.3, -0.25) is 28.9 Å². The van der Waals surface area contributed by atoms with Crippen LogP contribution >= 0.6 is 0 Å². The molecule has 3 rings (SSSR count). The molecule has 1 amide bonds. The Labute approximate surface area is 187 Å². The van der Waals surface area contributed by atoms with E-state index in [0.717, 1.165) is 31.2 Å². The molecule has 0 unspecified atom stereocenters. The molecule has 0 saturated carbocycles. The topological polar surface area (TPSA) is 125 Å². The highest BCUT2D eigenvalue weighted by Gasteiger charge is 2.27. The second-order valence-electron chi connectivity index (χ2n) is 8.37. The summed E-state index contributed by atoms with van der Waals surface area (Å²) in [6.45, 7) is 4.25. The van der Waals surface area contributed by atoms with Gasteiger partial charge in [0, 0.05) is 13.2 Å². The van der Waals surface area contributed by atoms with Crippen molar-refractivity contribution < 1.29 is 9.90 Å². The van der Waals surface area contributed by atoms with Crippen molar-refractivity contribution >= 4 is 17.4 Å². The summed E-state index contributed by atoms with van der Waals surface area (Å²) in [5.74, 6) is 0.0204. The highest BCUT2D eigenvalue weighted by molar-refractivity contribution is 5.96. The number of carbonyl (C=O) groups excluding carboxylic acids is 1. The molecule has 1 saturated heterocycles. The standard InChI is InChI=1S/C23H33N5O4/c1-2-3-11-27-21(24)20(22(31)25-23(27)32)28(14-17-7-5-4-6-8-17)19(30)15-26-12-9-18(16-29)10-13-26/h4-8,18,29H,2-3,9-16,24H2,1H3,(H,25,31,32). The Balaban J connectivity index is 1.93. The Kier molecular flexibility index (Phi) is 8.24. The van der Waals surface area contributed by atoms with Crippen LogP contribution in [-0.2, 0) is 17.9 Å². The van der Waals surface area contributed by atoms with Crippen molar-refractivity contribution in [3.05, 3.63) is 56.7 Å². The Morgan fingerprint density at radius 2 is 1.91 bits per heavy atom. The van der Waals surface area contributed by atoms with E-state index in [0.29, 0.717) is 19.6 Å². The summed E-state index contributed by atoms with van der Waals surface area (Å²) in [6, 6.07) is 9.38. The minimum atomic E-state index is -0.663. The smallest absolute Gasteiger partial charge is 0.330 e. The van der Waals surface area contributed by atoms with Gasteiger partial charge in [-0.15, -0.1) is 0 Å². The highest BCUT2D eigenvalue weighted by atomic mass is 16.3. The number of rotatable bonds is 9. The summed E-state index contributed by atoms with van der Waals surface area (Å²) in [4.78, 5) is 44.3. The Hall–Kier alpha value is -2.91. The first-order valence-corrected chi connectivity index (χ1v) is 11.2. The molecule has 1 aromatic carbocycles. The van der Waals surface area contributed by atoms with Gasteiger partial charge in [0.2, 0.25) is 5.91 Å². The minimum Gasteiger partial charge on any atom is -0.396 e. The van der Waals surface area contributed by atoms with Gasteiger partial charge in [0.15, 0.2) is 5.69 Å². The fourth-order valence-corrected chi connectivity index (χ4v) is 4.04. The van der Waals surface area contributed by atoms with Crippen LogP contribution in [0.5, 0.6) is 0 Å². The van der Waals surface area contributed by atoms with Crippen molar-refractivity contribution in [3.63, 3.8) is 0 Å². The number of carbonyl (C=O) groups is 1. The van der Waals surface area contributed by atoms with Crippen LogP contribution in [0, 0.1) is 5.92 Å². The van der Waals surface area contributed by atoms with Gasteiger partial charge in [0.05, 0.1) is 13.1 Å². The number of aromatic amines is 1. The van der Waals surface area contributed by atoms with Crippen molar-refractivity contribution in [2.45, 2.75) is 45.7 Å². The summed E-state index contributed by atoms with van der Waals surface area (Å²) in [5, 5.41) is 9.36. The summed E-state index contributed by atoms with van der Waals surface area (Å²) >= 11 is 0. The number of anilines is 2. The van der Waals surface area contributed by atoms with E-state index in [4.69, 9.17) is 5.73 Å². The molecule has 1 aliphatic heterocycles. The van der Waals surface area contributed by atoms with Crippen LogP contribution in [0.1, 0.15) is 38.2 Å². The molecule has 2 aromatic rings. The van der Waals surface area contributed by atoms with Crippen LogP contribution in [0.25, 0.3) is 0 Å². The number of aliphatic hydroxyl groups excluding tert-OH is 1. The average Bonchev–Trinajstić information content (AvgIpc) is 2.79. The number of nitrogens with zero attached hydrogens (tertiary/aromatic N) is 3. The van der Waals surface area contributed by atoms with Crippen molar-refractivity contribution in [2.75, 3.05) is 36.9 Å². The number of amides is 1. The third kappa shape index (κ3) is 5.66. The van der Waals surface area contributed by atoms with E-state index >= 15 is 0 Å². The number of aliphatic hydroxyl groups is 1. The van der Waals surface area contributed by atoms with Crippen molar-refractivity contribution in [2.24, 2.45) is 5.92 Å². The molecule has 2 heterocycles. The number of hydrogen-bond acceptors (Lipinski definition) is 6. The number of nitrogens with two attached hydrogens (primary N) is 1. The molecule has 0 aliphatic carbocycles. The van der Waals surface area contributed by atoms with Gasteiger partial charge in [-0.05, 0) is 43.8 Å². The number of aromatic nitrogens is 2. The lowest BCUT2D eigenvalue weighted by Crippen LogP contribution is -2.46. The molecule has 0 radical (unpaired) electrons. The van der Waals surface area contributed by atoms with Crippen molar-refractivity contribution in [1.29, 1.82) is 0 Å². The molecule has 0 spiro atoms. The molecule has 0 atom stereocenters.